The Kier molecular flexibility index (Phi) is 1.62. The number of halogens is 1. The minimum absolute atomic E-state index is 0.157. The summed E-state index contributed by atoms with van der Waals surface area (Å²) < 4.78 is 13.1. The molecule has 1 aromatic carbocycles. The summed E-state index contributed by atoms with van der Waals surface area (Å²) in [7, 11) is 0. The second-order valence-corrected chi connectivity index (χ2v) is 4.40. The van der Waals surface area contributed by atoms with E-state index in [1.54, 1.807) is 17.8 Å². The molecule has 2 heterocycles. The molecule has 4 heteroatoms. The molecule has 0 saturated carbocycles. The van der Waals surface area contributed by atoms with Crippen molar-refractivity contribution in [2.45, 2.75) is 13.0 Å². The smallest absolute Gasteiger partial charge is 0.166 e. The van der Waals surface area contributed by atoms with E-state index in [1.807, 2.05) is 13.0 Å². The maximum atomic E-state index is 13.1. The third-order valence-electron chi connectivity index (χ3n) is 2.59. The van der Waals surface area contributed by atoms with E-state index in [1.165, 1.54) is 6.07 Å². The molecule has 72 valence electrons. The van der Waals surface area contributed by atoms with Gasteiger partial charge in [-0.05, 0) is 19.1 Å². The molecule has 0 bridgehead atoms. The van der Waals surface area contributed by atoms with Crippen LogP contribution in [0.2, 0.25) is 0 Å². The van der Waals surface area contributed by atoms with Crippen LogP contribution in [0.3, 0.4) is 0 Å². The molecule has 0 amide bonds. The van der Waals surface area contributed by atoms with Gasteiger partial charge in [-0.2, -0.15) is 0 Å². The highest BCUT2D eigenvalue weighted by Gasteiger charge is 2.32. The van der Waals surface area contributed by atoms with Gasteiger partial charge in [0.05, 0.1) is 17.6 Å². The minimum Gasteiger partial charge on any atom is -0.310 e. The highest BCUT2D eigenvalue weighted by molar-refractivity contribution is 8.16. The molecule has 1 saturated heterocycles. The first kappa shape index (κ1) is 8.29. The first-order chi connectivity index (χ1) is 6.75. The van der Waals surface area contributed by atoms with E-state index in [0.29, 0.717) is 0 Å². The van der Waals surface area contributed by atoms with Crippen LogP contribution in [-0.2, 0) is 0 Å². The van der Waals surface area contributed by atoms with Crippen molar-refractivity contribution in [1.82, 2.24) is 0 Å². The molecule has 3 rings (SSSR count). The second-order valence-electron chi connectivity index (χ2n) is 3.49. The van der Waals surface area contributed by atoms with Crippen molar-refractivity contribution in [3.8, 4) is 0 Å². The van der Waals surface area contributed by atoms with Gasteiger partial charge in [-0.25, -0.2) is 4.39 Å². The van der Waals surface area contributed by atoms with E-state index in [2.05, 4.69) is 9.89 Å². The lowest BCUT2D eigenvalue weighted by Crippen LogP contribution is -2.41. The van der Waals surface area contributed by atoms with Crippen LogP contribution < -0.4 is 4.90 Å². The average molecular weight is 208 g/mol. The summed E-state index contributed by atoms with van der Waals surface area (Å²) in [4.78, 5) is 6.56. The number of amidine groups is 1. The zero-order chi connectivity index (χ0) is 9.71. The average Bonchev–Trinajstić information content (AvgIpc) is 2.11. The molecule has 1 unspecified atom stereocenters. The Morgan fingerprint density at radius 3 is 3.14 bits per heavy atom. The Morgan fingerprint density at radius 2 is 2.43 bits per heavy atom. The SMILES string of the molecule is CC1N=C2SCN2c2cc(F)ccc21. The van der Waals surface area contributed by atoms with Crippen LogP contribution in [0.25, 0.3) is 0 Å². The topological polar surface area (TPSA) is 15.6 Å². The van der Waals surface area contributed by atoms with Gasteiger partial charge in [0.25, 0.3) is 0 Å². The van der Waals surface area contributed by atoms with Gasteiger partial charge < -0.3 is 4.90 Å². The number of nitrogens with zero attached hydrogens (tertiary/aromatic N) is 2. The summed E-state index contributed by atoms with van der Waals surface area (Å²) in [5.74, 6) is 0.719. The number of hydrogen-bond donors (Lipinski definition) is 0. The maximum Gasteiger partial charge on any atom is 0.166 e. The van der Waals surface area contributed by atoms with Gasteiger partial charge >= 0.3 is 0 Å². The molecule has 1 aromatic rings. The molecule has 2 aliphatic heterocycles. The zero-order valence-electron chi connectivity index (χ0n) is 7.70. The monoisotopic (exact) mass is 208 g/mol. The second kappa shape index (κ2) is 2.73. The van der Waals surface area contributed by atoms with Crippen molar-refractivity contribution < 1.29 is 4.39 Å². The third kappa shape index (κ3) is 1.00. The number of aliphatic imine (C=N–C) groups is 1. The highest BCUT2D eigenvalue weighted by atomic mass is 32.2. The number of benzene rings is 1. The number of thioether (sulfide) groups is 1. The van der Waals surface area contributed by atoms with E-state index in [0.717, 1.165) is 22.3 Å². The van der Waals surface area contributed by atoms with Crippen LogP contribution in [-0.4, -0.2) is 11.0 Å². The fourth-order valence-corrected chi connectivity index (χ4v) is 2.65. The van der Waals surface area contributed by atoms with Gasteiger partial charge in [0.1, 0.15) is 5.82 Å². The Hall–Kier alpha value is -1.03. The van der Waals surface area contributed by atoms with Crippen LogP contribution in [0.1, 0.15) is 18.5 Å². The Labute approximate surface area is 85.8 Å². The van der Waals surface area contributed by atoms with Gasteiger partial charge in [-0.3, -0.25) is 4.99 Å². The van der Waals surface area contributed by atoms with Crippen molar-refractivity contribution in [2.24, 2.45) is 4.99 Å². The summed E-state index contributed by atoms with van der Waals surface area (Å²) in [6.45, 7) is 2.04. The molecule has 0 aliphatic carbocycles. The summed E-state index contributed by atoms with van der Waals surface area (Å²) in [5.41, 5.74) is 2.11. The Balaban J connectivity index is 2.17. The molecule has 0 aromatic heterocycles. The van der Waals surface area contributed by atoms with Crippen molar-refractivity contribution in [3.63, 3.8) is 0 Å². The quantitative estimate of drug-likeness (QED) is 0.651. The molecule has 2 aliphatic rings. The summed E-state index contributed by atoms with van der Waals surface area (Å²) in [6.07, 6.45) is 0. The van der Waals surface area contributed by atoms with Crippen molar-refractivity contribution >= 4 is 22.6 Å². The summed E-state index contributed by atoms with van der Waals surface area (Å²) in [5, 5.41) is 1.02. The van der Waals surface area contributed by atoms with Crippen LogP contribution in [0.15, 0.2) is 23.2 Å². The number of hydrogen-bond acceptors (Lipinski definition) is 3. The maximum absolute atomic E-state index is 13.1. The van der Waals surface area contributed by atoms with Crippen molar-refractivity contribution in [1.29, 1.82) is 0 Å². The number of anilines is 1. The number of rotatable bonds is 0. The standard InChI is InChI=1S/C10H9FN2S/c1-6-8-3-2-7(11)4-9(8)13-5-14-10(13)12-6/h2-4,6H,5H2,1H3. The Bertz CT molecular complexity index is 430. The van der Waals surface area contributed by atoms with Crippen molar-refractivity contribution in [2.75, 3.05) is 10.8 Å². The fourth-order valence-electron chi connectivity index (χ4n) is 1.81. The highest BCUT2D eigenvalue weighted by Crippen LogP contribution is 2.41. The van der Waals surface area contributed by atoms with Gasteiger partial charge in [-0.1, -0.05) is 17.8 Å². The Morgan fingerprint density at radius 1 is 1.57 bits per heavy atom. The normalized spacial score (nSPS) is 23.4. The molecule has 2 nitrogen and oxygen atoms in total. The molecular weight excluding hydrogens is 199 g/mol. The number of fused-ring (bicyclic) bond motifs is 3. The van der Waals surface area contributed by atoms with Crippen LogP contribution in [0.5, 0.6) is 0 Å². The first-order valence-electron chi connectivity index (χ1n) is 4.53. The first-order valence-corrected chi connectivity index (χ1v) is 5.52. The largest absolute Gasteiger partial charge is 0.310 e. The predicted molar refractivity (Wildman–Crippen MR) is 57.2 cm³/mol. The third-order valence-corrected chi connectivity index (χ3v) is 3.56. The lowest BCUT2D eigenvalue weighted by molar-refractivity contribution is 0.625. The van der Waals surface area contributed by atoms with Gasteiger partial charge in [0.2, 0.25) is 0 Å². The van der Waals surface area contributed by atoms with Gasteiger partial charge in [0, 0.05) is 5.56 Å². The van der Waals surface area contributed by atoms with Crippen LogP contribution in [0.4, 0.5) is 10.1 Å². The van der Waals surface area contributed by atoms with Crippen molar-refractivity contribution in [3.05, 3.63) is 29.6 Å². The minimum atomic E-state index is -0.172. The van der Waals surface area contributed by atoms with E-state index in [-0.39, 0.29) is 11.9 Å². The van der Waals surface area contributed by atoms with Crippen LogP contribution in [0, 0.1) is 5.82 Å². The van der Waals surface area contributed by atoms with Gasteiger partial charge in [0.15, 0.2) is 5.17 Å². The van der Waals surface area contributed by atoms with E-state index in [4.69, 9.17) is 0 Å². The van der Waals surface area contributed by atoms with E-state index >= 15 is 0 Å². The molecule has 0 N–H and O–H groups in total. The lowest BCUT2D eigenvalue weighted by Gasteiger charge is -2.39. The molecule has 14 heavy (non-hydrogen) atoms. The molecule has 0 spiro atoms. The molecule has 1 atom stereocenters. The van der Waals surface area contributed by atoms with Gasteiger partial charge in [-0.15, -0.1) is 0 Å². The zero-order valence-corrected chi connectivity index (χ0v) is 8.51. The summed E-state index contributed by atoms with van der Waals surface area (Å²) in [6, 6.07) is 5.09. The lowest BCUT2D eigenvalue weighted by atomic mass is 10.0. The predicted octanol–water partition coefficient (Wildman–Crippen LogP) is 2.77. The molecular formula is C10H9FN2S. The van der Waals surface area contributed by atoms with Crippen LogP contribution >= 0.6 is 11.8 Å². The molecule has 1 fully saturated rings. The fraction of sp³-hybridized carbons (Fsp3) is 0.300. The van der Waals surface area contributed by atoms with E-state index < -0.39 is 0 Å². The van der Waals surface area contributed by atoms with E-state index in [9.17, 15) is 4.39 Å². The molecule has 0 radical (unpaired) electrons. The summed E-state index contributed by atoms with van der Waals surface area (Å²) >= 11 is 1.72.